The van der Waals surface area contributed by atoms with Crippen molar-refractivity contribution in [3.8, 4) is 0 Å². The van der Waals surface area contributed by atoms with Crippen LogP contribution in [0, 0.1) is 5.41 Å². The second kappa shape index (κ2) is 8.10. The van der Waals surface area contributed by atoms with Gasteiger partial charge >= 0.3 is 0 Å². The van der Waals surface area contributed by atoms with Gasteiger partial charge < -0.3 is 10.2 Å². The molecule has 1 aliphatic heterocycles. The molecular formula is C16H33N3O2S2. The van der Waals surface area contributed by atoms with Crippen LogP contribution in [-0.2, 0) is 9.84 Å². The van der Waals surface area contributed by atoms with E-state index in [9.17, 15) is 8.42 Å². The number of thioether (sulfide) groups is 1. The highest BCUT2D eigenvalue weighted by molar-refractivity contribution is 8.00. The normalized spacial score (nSPS) is 19.7. The predicted molar refractivity (Wildman–Crippen MR) is 102 cm³/mol. The number of rotatable bonds is 6. The first-order valence-corrected chi connectivity index (χ1v) is 11.3. The van der Waals surface area contributed by atoms with Gasteiger partial charge in [0.2, 0.25) is 0 Å². The third-order valence-electron chi connectivity index (χ3n) is 3.87. The van der Waals surface area contributed by atoms with E-state index in [1.165, 1.54) is 6.26 Å². The average molecular weight is 364 g/mol. The lowest BCUT2D eigenvalue weighted by atomic mass is 9.90. The van der Waals surface area contributed by atoms with E-state index in [4.69, 9.17) is 4.99 Å². The van der Waals surface area contributed by atoms with Gasteiger partial charge in [0.15, 0.2) is 5.96 Å². The lowest BCUT2D eigenvalue weighted by Gasteiger charge is -2.39. The van der Waals surface area contributed by atoms with Crippen LogP contribution in [-0.4, -0.2) is 68.0 Å². The van der Waals surface area contributed by atoms with Crippen molar-refractivity contribution in [2.24, 2.45) is 10.4 Å². The Hall–Kier alpha value is -0.430. The van der Waals surface area contributed by atoms with E-state index in [1.807, 2.05) is 11.8 Å². The first kappa shape index (κ1) is 20.6. The standard InChI is InChI=1S/C16H33N3O2S2/c1-7-17-14(19-9-10-22-16(4,5)13-19)18-12-15(2,3)8-11-23(6,20)21/h7-13H2,1-6H3,(H,17,18). The smallest absolute Gasteiger partial charge is 0.194 e. The van der Waals surface area contributed by atoms with Crippen LogP contribution in [0.1, 0.15) is 41.0 Å². The highest BCUT2D eigenvalue weighted by Gasteiger charge is 2.29. The Morgan fingerprint density at radius 2 is 2.04 bits per heavy atom. The largest absolute Gasteiger partial charge is 0.357 e. The molecule has 1 rings (SSSR count). The van der Waals surface area contributed by atoms with E-state index in [0.717, 1.165) is 31.3 Å². The van der Waals surface area contributed by atoms with Crippen LogP contribution in [0.5, 0.6) is 0 Å². The minimum Gasteiger partial charge on any atom is -0.357 e. The van der Waals surface area contributed by atoms with Gasteiger partial charge in [-0.3, -0.25) is 4.99 Å². The molecule has 1 saturated heterocycles. The van der Waals surface area contributed by atoms with Gasteiger partial charge in [-0.15, -0.1) is 0 Å². The molecule has 0 saturated carbocycles. The predicted octanol–water partition coefficient (Wildman–Crippen LogP) is 2.24. The molecule has 136 valence electrons. The number of nitrogens with zero attached hydrogens (tertiary/aromatic N) is 2. The second-order valence-corrected chi connectivity index (χ2v) is 11.8. The highest BCUT2D eigenvalue weighted by atomic mass is 32.2. The van der Waals surface area contributed by atoms with Crippen molar-refractivity contribution in [3.05, 3.63) is 0 Å². The van der Waals surface area contributed by atoms with E-state index >= 15 is 0 Å². The third-order valence-corrected chi connectivity index (χ3v) is 6.11. The molecule has 0 atom stereocenters. The Bertz CT molecular complexity index is 513. The van der Waals surface area contributed by atoms with E-state index in [1.54, 1.807) is 0 Å². The number of hydrogen-bond acceptors (Lipinski definition) is 4. The van der Waals surface area contributed by atoms with Gasteiger partial charge in [0.05, 0.1) is 5.75 Å². The lowest BCUT2D eigenvalue weighted by Crippen LogP contribution is -2.51. The SMILES string of the molecule is CCNC(=NCC(C)(C)CCS(C)(=O)=O)N1CCSC(C)(C)C1. The molecule has 23 heavy (non-hydrogen) atoms. The Balaban J connectivity index is 2.74. The van der Waals surface area contributed by atoms with Crippen LogP contribution < -0.4 is 5.32 Å². The summed E-state index contributed by atoms with van der Waals surface area (Å²) in [7, 11) is -2.92. The van der Waals surface area contributed by atoms with Crippen LogP contribution >= 0.6 is 11.8 Å². The Labute approximate surface area is 146 Å². The quantitative estimate of drug-likeness (QED) is 0.579. The minimum atomic E-state index is -2.92. The molecule has 0 spiro atoms. The van der Waals surface area contributed by atoms with Crippen molar-refractivity contribution in [2.75, 3.05) is 43.9 Å². The number of guanidine groups is 1. The minimum absolute atomic E-state index is 0.121. The van der Waals surface area contributed by atoms with E-state index in [-0.39, 0.29) is 15.9 Å². The maximum Gasteiger partial charge on any atom is 0.194 e. The van der Waals surface area contributed by atoms with Crippen molar-refractivity contribution in [2.45, 2.75) is 45.8 Å². The molecule has 0 unspecified atom stereocenters. The maximum atomic E-state index is 11.4. The van der Waals surface area contributed by atoms with Crippen LogP contribution in [0.3, 0.4) is 0 Å². The van der Waals surface area contributed by atoms with Crippen LogP contribution in [0.25, 0.3) is 0 Å². The maximum absolute atomic E-state index is 11.4. The topological polar surface area (TPSA) is 61.8 Å². The molecule has 0 aliphatic carbocycles. The summed E-state index contributed by atoms with van der Waals surface area (Å²) >= 11 is 2.00. The molecular weight excluding hydrogens is 330 g/mol. The van der Waals surface area contributed by atoms with Crippen molar-refractivity contribution in [3.63, 3.8) is 0 Å². The van der Waals surface area contributed by atoms with Crippen molar-refractivity contribution in [1.29, 1.82) is 0 Å². The van der Waals surface area contributed by atoms with Gasteiger partial charge in [-0.05, 0) is 32.6 Å². The molecule has 0 radical (unpaired) electrons. The summed E-state index contributed by atoms with van der Waals surface area (Å²) in [6.07, 6.45) is 1.93. The fourth-order valence-electron chi connectivity index (χ4n) is 2.45. The third kappa shape index (κ3) is 8.29. The fourth-order valence-corrected chi connectivity index (χ4v) is 4.49. The molecule has 0 bridgehead atoms. The van der Waals surface area contributed by atoms with E-state index in [0.29, 0.717) is 13.0 Å². The summed E-state index contributed by atoms with van der Waals surface area (Å²) in [5, 5.41) is 3.38. The first-order valence-electron chi connectivity index (χ1n) is 8.29. The van der Waals surface area contributed by atoms with Crippen molar-refractivity contribution < 1.29 is 8.42 Å². The molecule has 7 heteroatoms. The van der Waals surface area contributed by atoms with E-state index in [2.05, 4.69) is 44.8 Å². The summed E-state index contributed by atoms with van der Waals surface area (Å²) in [4.78, 5) is 7.13. The number of nitrogens with one attached hydrogen (secondary N) is 1. The summed E-state index contributed by atoms with van der Waals surface area (Å²) in [5.74, 6) is 2.28. The Morgan fingerprint density at radius 3 is 2.57 bits per heavy atom. The molecule has 5 nitrogen and oxygen atoms in total. The molecule has 0 aromatic carbocycles. The number of sulfone groups is 1. The van der Waals surface area contributed by atoms with Gasteiger partial charge in [0, 0.05) is 42.9 Å². The van der Waals surface area contributed by atoms with Gasteiger partial charge in [0.25, 0.3) is 0 Å². The summed E-state index contributed by atoms with van der Waals surface area (Å²) in [5.41, 5.74) is -0.121. The summed E-state index contributed by atoms with van der Waals surface area (Å²) in [6.45, 7) is 14.2. The lowest BCUT2D eigenvalue weighted by molar-refractivity contribution is 0.349. The monoisotopic (exact) mass is 363 g/mol. The molecule has 1 N–H and O–H groups in total. The van der Waals surface area contributed by atoms with Gasteiger partial charge in [0.1, 0.15) is 9.84 Å². The number of aliphatic imine (C=N–C) groups is 1. The van der Waals surface area contributed by atoms with Crippen LogP contribution in [0.4, 0.5) is 0 Å². The van der Waals surface area contributed by atoms with Gasteiger partial charge in [-0.25, -0.2) is 8.42 Å². The summed E-state index contributed by atoms with van der Waals surface area (Å²) < 4.78 is 23.0. The zero-order chi connectivity index (χ0) is 17.7. The van der Waals surface area contributed by atoms with Gasteiger partial charge in [-0.2, -0.15) is 11.8 Å². The van der Waals surface area contributed by atoms with Crippen molar-refractivity contribution in [1.82, 2.24) is 10.2 Å². The fraction of sp³-hybridized carbons (Fsp3) is 0.938. The Kier molecular flexibility index (Phi) is 7.26. The van der Waals surface area contributed by atoms with Crippen molar-refractivity contribution >= 4 is 27.6 Å². The molecule has 0 aromatic rings. The van der Waals surface area contributed by atoms with Crippen LogP contribution in [0.15, 0.2) is 4.99 Å². The first-order chi connectivity index (χ1) is 10.4. The zero-order valence-electron chi connectivity index (χ0n) is 15.5. The molecule has 0 aromatic heterocycles. The van der Waals surface area contributed by atoms with Crippen LogP contribution in [0.2, 0.25) is 0 Å². The molecule has 1 fully saturated rings. The molecule has 0 amide bonds. The van der Waals surface area contributed by atoms with E-state index < -0.39 is 9.84 Å². The zero-order valence-corrected chi connectivity index (χ0v) is 17.1. The number of hydrogen-bond donors (Lipinski definition) is 1. The summed E-state index contributed by atoms with van der Waals surface area (Å²) in [6, 6.07) is 0. The Morgan fingerprint density at radius 1 is 1.39 bits per heavy atom. The second-order valence-electron chi connectivity index (χ2n) is 7.74. The molecule has 1 heterocycles. The molecule has 1 aliphatic rings. The highest BCUT2D eigenvalue weighted by Crippen LogP contribution is 2.29. The average Bonchev–Trinajstić information content (AvgIpc) is 2.39. The van der Waals surface area contributed by atoms with Gasteiger partial charge in [-0.1, -0.05) is 13.8 Å².